The molecule has 0 saturated heterocycles. The number of amides is 1. The van der Waals surface area contributed by atoms with Gasteiger partial charge in [0, 0.05) is 11.9 Å². The van der Waals surface area contributed by atoms with Crippen LogP contribution in [0.4, 0.5) is 0 Å². The standard InChI is InChI=1S/C15H18N2O2/c1-11-13(8-9-16-11)14(18)17-10-15(2,19)12-6-4-3-5-7-12/h3-9,16,19H,10H2,1-2H3,(H,17,18). The van der Waals surface area contributed by atoms with Crippen molar-refractivity contribution in [2.24, 2.45) is 0 Å². The van der Waals surface area contributed by atoms with Crippen LogP contribution in [0.25, 0.3) is 0 Å². The molecule has 1 atom stereocenters. The summed E-state index contributed by atoms with van der Waals surface area (Å²) in [5.41, 5.74) is 1.11. The zero-order valence-electron chi connectivity index (χ0n) is 11.1. The highest BCUT2D eigenvalue weighted by Gasteiger charge is 2.24. The van der Waals surface area contributed by atoms with E-state index in [2.05, 4.69) is 10.3 Å². The van der Waals surface area contributed by atoms with E-state index in [9.17, 15) is 9.90 Å². The second-order valence-electron chi connectivity index (χ2n) is 4.84. The van der Waals surface area contributed by atoms with Gasteiger partial charge < -0.3 is 15.4 Å². The molecule has 1 amide bonds. The fraction of sp³-hybridized carbons (Fsp3) is 0.267. The number of aromatic amines is 1. The summed E-state index contributed by atoms with van der Waals surface area (Å²) in [6, 6.07) is 11.0. The number of aliphatic hydroxyl groups is 1. The van der Waals surface area contributed by atoms with Crippen LogP contribution in [0, 0.1) is 6.92 Å². The molecule has 100 valence electrons. The number of aryl methyl sites for hydroxylation is 1. The number of carbonyl (C=O) groups is 1. The van der Waals surface area contributed by atoms with Gasteiger partial charge in [-0.2, -0.15) is 0 Å². The molecule has 0 aliphatic heterocycles. The first-order valence-corrected chi connectivity index (χ1v) is 6.21. The van der Waals surface area contributed by atoms with Gasteiger partial charge in [0.15, 0.2) is 0 Å². The molecule has 0 saturated carbocycles. The lowest BCUT2D eigenvalue weighted by molar-refractivity contribution is 0.0526. The number of benzene rings is 1. The van der Waals surface area contributed by atoms with Gasteiger partial charge in [-0.3, -0.25) is 4.79 Å². The van der Waals surface area contributed by atoms with Crippen molar-refractivity contribution in [2.45, 2.75) is 19.4 Å². The lowest BCUT2D eigenvalue weighted by Gasteiger charge is -2.24. The van der Waals surface area contributed by atoms with E-state index in [1.165, 1.54) is 0 Å². The second kappa shape index (κ2) is 5.28. The first kappa shape index (κ1) is 13.4. The Morgan fingerprint density at radius 2 is 2.00 bits per heavy atom. The zero-order valence-corrected chi connectivity index (χ0v) is 11.1. The second-order valence-corrected chi connectivity index (χ2v) is 4.84. The third kappa shape index (κ3) is 3.03. The number of carbonyl (C=O) groups excluding carboxylic acids is 1. The van der Waals surface area contributed by atoms with E-state index in [4.69, 9.17) is 0 Å². The van der Waals surface area contributed by atoms with Gasteiger partial charge in [-0.1, -0.05) is 30.3 Å². The molecule has 4 nitrogen and oxygen atoms in total. The maximum Gasteiger partial charge on any atom is 0.253 e. The maximum absolute atomic E-state index is 12.0. The highest BCUT2D eigenvalue weighted by atomic mass is 16.3. The molecule has 4 heteroatoms. The predicted octanol–water partition coefficient (Wildman–Crippen LogP) is 1.96. The largest absolute Gasteiger partial charge is 0.384 e. The van der Waals surface area contributed by atoms with Crippen LogP contribution in [-0.4, -0.2) is 22.5 Å². The van der Waals surface area contributed by atoms with Crippen LogP contribution >= 0.6 is 0 Å². The molecular weight excluding hydrogens is 240 g/mol. The molecule has 0 radical (unpaired) electrons. The normalized spacial score (nSPS) is 13.8. The van der Waals surface area contributed by atoms with Crippen LogP contribution in [0.3, 0.4) is 0 Å². The zero-order chi connectivity index (χ0) is 13.9. The highest BCUT2D eigenvalue weighted by molar-refractivity contribution is 5.95. The van der Waals surface area contributed by atoms with Crippen LogP contribution in [0.1, 0.15) is 28.5 Å². The lowest BCUT2D eigenvalue weighted by atomic mass is 9.96. The molecular formula is C15H18N2O2. The molecule has 0 bridgehead atoms. The average Bonchev–Trinajstić information content (AvgIpc) is 2.83. The van der Waals surface area contributed by atoms with Crippen LogP contribution < -0.4 is 5.32 Å². The summed E-state index contributed by atoms with van der Waals surface area (Å²) in [7, 11) is 0. The van der Waals surface area contributed by atoms with Crippen LogP contribution in [-0.2, 0) is 5.60 Å². The van der Waals surface area contributed by atoms with Crippen molar-refractivity contribution in [3.8, 4) is 0 Å². The third-order valence-corrected chi connectivity index (χ3v) is 3.19. The van der Waals surface area contributed by atoms with Crippen molar-refractivity contribution in [1.82, 2.24) is 10.3 Å². The molecule has 19 heavy (non-hydrogen) atoms. The van der Waals surface area contributed by atoms with Crippen molar-refractivity contribution in [2.75, 3.05) is 6.54 Å². The topological polar surface area (TPSA) is 65.1 Å². The van der Waals surface area contributed by atoms with E-state index in [0.29, 0.717) is 5.56 Å². The molecule has 1 aromatic carbocycles. The fourth-order valence-electron chi connectivity index (χ4n) is 1.95. The van der Waals surface area contributed by atoms with Crippen molar-refractivity contribution in [1.29, 1.82) is 0 Å². The van der Waals surface area contributed by atoms with Crippen molar-refractivity contribution < 1.29 is 9.90 Å². The number of H-pyrrole nitrogens is 1. The molecule has 0 fully saturated rings. The van der Waals surface area contributed by atoms with Gasteiger partial charge in [-0.15, -0.1) is 0 Å². The Morgan fingerprint density at radius 1 is 1.32 bits per heavy atom. The van der Waals surface area contributed by atoms with Gasteiger partial charge in [0.25, 0.3) is 5.91 Å². The average molecular weight is 258 g/mol. The van der Waals surface area contributed by atoms with E-state index in [0.717, 1.165) is 11.3 Å². The van der Waals surface area contributed by atoms with E-state index in [-0.39, 0.29) is 12.5 Å². The SMILES string of the molecule is Cc1[nH]ccc1C(=O)NCC(C)(O)c1ccccc1. The van der Waals surface area contributed by atoms with Crippen LogP contribution in [0.5, 0.6) is 0 Å². The van der Waals surface area contributed by atoms with Crippen LogP contribution in [0.2, 0.25) is 0 Å². The van der Waals surface area contributed by atoms with E-state index < -0.39 is 5.60 Å². The van der Waals surface area contributed by atoms with Gasteiger partial charge in [0.1, 0.15) is 5.60 Å². The monoisotopic (exact) mass is 258 g/mol. The van der Waals surface area contributed by atoms with E-state index in [1.54, 1.807) is 19.2 Å². The predicted molar refractivity (Wildman–Crippen MR) is 73.9 cm³/mol. The maximum atomic E-state index is 12.0. The first-order chi connectivity index (χ1) is 9.00. The van der Waals surface area contributed by atoms with Gasteiger partial charge >= 0.3 is 0 Å². The number of aromatic nitrogens is 1. The van der Waals surface area contributed by atoms with Crippen LogP contribution in [0.15, 0.2) is 42.6 Å². The molecule has 3 N–H and O–H groups in total. The molecule has 2 aromatic rings. The van der Waals surface area contributed by atoms with Crippen molar-refractivity contribution in [3.63, 3.8) is 0 Å². The Kier molecular flexibility index (Phi) is 3.71. The van der Waals surface area contributed by atoms with Gasteiger partial charge in [-0.25, -0.2) is 0 Å². The fourth-order valence-corrected chi connectivity index (χ4v) is 1.95. The molecule has 1 unspecified atom stereocenters. The smallest absolute Gasteiger partial charge is 0.253 e. The Bertz CT molecular complexity index is 559. The lowest BCUT2D eigenvalue weighted by Crippen LogP contribution is -2.38. The third-order valence-electron chi connectivity index (χ3n) is 3.19. The Morgan fingerprint density at radius 3 is 2.58 bits per heavy atom. The summed E-state index contributed by atoms with van der Waals surface area (Å²) in [5, 5.41) is 13.1. The summed E-state index contributed by atoms with van der Waals surface area (Å²) >= 11 is 0. The minimum atomic E-state index is -1.08. The first-order valence-electron chi connectivity index (χ1n) is 6.21. The van der Waals surface area contributed by atoms with E-state index in [1.807, 2.05) is 37.3 Å². The van der Waals surface area contributed by atoms with Gasteiger partial charge in [-0.05, 0) is 25.5 Å². The summed E-state index contributed by atoms with van der Waals surface area (Å²) in [6.07, 6.45) is 1.72. The highest BCUT2D eigenvalue weighted by Crippen LogP contribution is 2.19. The summed E-state index contributed by atoms with van der Waals surface area (Å²) < 4.78 is 0. The molecule has 1 heterocycles. The molecule has 1 aromatic heterocycles. The molecule has 0 aliphatic carbocycles. The Balaban J connectivity index is 2.03. The molecule has 0 spiro atoms. The van der Waals surface area contributed by atoms with Gasteiger partial charge in [0.2, 0.25) is 0 Å². The molecule has 2 rings (SSSR count). The van der Waals surface area contributed by atoms with Gasteiger partial charge in [0.05, 0.1) is 12.1 Å². The van der Waals surface area contributed by atoms with Crippen molar-refractivity contribution >= 4 is 5.91 Å². The minimum absolute atomic E-state index is 0.167. The number of rotatable bonds is 4. The number of nitrogens with one attached hydrogen (secondary N) is 2. The number of hydrogen-bond acceptors (Lipinski definition) is 2. The Hall–Kier alpha value is -2.07. The Labute approximate surface area is 112 Å². The quantitative estimate of drug-likeness (QED) is 0.785. The summed E-state index contributed by atoms with van der Waals surface area (Å²) in [5.74, 6) is -0.185. The minimum Gasteiger partial charge on any atom is -0.384 e. The van der Waals surface area contributed by atoms with Crippen molar-refractivity contribution in [3.05, 3.63) is 59.4 Å². The molecule has 0 aliphatic rings. The summed E-state index contributed by atoms with van der Waals surface area (Å²) in [4.78, 5) is 14.9. The van der Waals surface area contributed by atoms with E-state index >= 15 is 0 Å². The summed E-state index contributed by atoms with van der Waals surface area (Å²) in [6.45, 7) is 3.69. The number of hydrogen-bond donors (Lipinski definition) is 3.